The lowest BCUT2D eigenvalue weighted by atomic mass is 9.78. The first-order valence-electron chi connectivity index (χ1n) is 12.0. The normalized spacial score (nSPS) is 16.4. The van der Waals surface area contributed by atoms with Crippen molar-refractivity contribution in [2.24, 2.45) is 5.92 Å². The summed E-state index contributed by atoms with van der Waals surface area (Å²) in [7, 11) is 1.45. The van der Waals surface area contributed by atoms with E-state index in [9.17, 15) is 4.79 Å². The second-order valence-corrected chi connectivity index (χ2v) is 8.56. The zero-order valence-electron chi connectivity index (χ0n) is 19.9. The molecule has 174 valence electrons. The van der Waals surface area contributed by atoms with Crippen LogP contribution in [-0.2, 0) is 20.7 Å². The number of hydrogen-bond acceptors (Lipinski definition) is 6. The monoisotopic (exact) mass is 439 g/mol. The van der Waals surface area contributed by atoms with E-state index in [0.29, 0.717) is 18.3 Å². The first-order chi connectivity index (χ1) is 15.6. The highest BCUT2D eigenvalue weighted by Crippen LogP contribution is 2.40. The Bertz CT molecular complexity index is 863. The molecule has 0 amide bonds. The summed E-state index contributed by atoms with van der Waals surface area (Å²) in [6.07, 6.45) is 9.03. The van der Waals surface area contributed by atoms with Crippen LogP contribution in [0.4, 0.5) is 11.4 Å². The Morgan fingerprint density at radius 3 is 2.47 bits per heavy atom. The fourth-order valence-electron chi connectivity index (χ4n) is 4.72. The van der Waals surface area contributed by atoms with Gasteiger partial charge in [-0.3, -0.25) is 4.79 Å². The molecule has 3 rings (SSSR count). The Balaban J connectivity index is 1.97. The van der Waals surface area contributed by atoms with Gasteiger partial charge in [-0.25, -0.2) is 9.97 Å². The summed E-state index contributed by atoms with van der Waals surface area (Å²) in [5, 5.41) is 3.59. The number of carbonyl (C=O) groups is 1. The van der Waals surface area contributed by atoms with Crippen molar-refractivity contribution in [1.82, 2.24) is 9.97 Å². The lowest BCUT2D eigenvalue weighted by Gasteiger charge is -2.32. The molecule has 1 aromatic carbocycles. The predicted octanol–water partition coefficient (Wildman–Crippen LogP) is 5.76. The van der Waals surface area contributed by atoms with Crippen LogP contribution in [0.25, 0.3) is 0 Å². The van der Waals surface area contributed by atoms with E-state index in [1.807, 2.05) is 12.4 Å². The molecule has 1 aliphatic heterocycles. The van der Waals surface area contributed by atoms with Gasteiger partial charge in [0, 0.05) is 25.3 Å². The molecule has 2 aromatic rings. The first-order valence-corrected chi connectivity index (χ1v) is 12.0. The van der Waals surface area contributed by atoms with Crippen molar-refractivity contribution >= 4 is 17.3 Å². The molecular weight excluding hydrogens is 402 g/mol. The number of nitrogens with one attached hydrogen (secondary N) is 1. The van der Waals surface area contributed by atoms with Crippen molar-refractivity contribution in [2.45, 2.75) is 71.1 Å². The molecular formula is C26H37N3O3. The largest absolute Gasteiger partial charge is 0.469 e. The Kier molecular flexibility index (Phi) is 9.03. The third-order valence-electron chi connectivity index (χ3n) is 6.66. The van der Waals surface area contributed by atoms with Crippen LogP contribution < -0.4 is 5.32 Å². The Hall–Kier alpha value is -2.47. The van der Waals surface area contributed by atoms with E-state index in [1.54, 1.807) is 0 Å². The smallest absolute Gasteiger partial charge is 0.306 e. The predicted molar refractivity (Wildman–Crippen MR) is 127 cm³/mol. The molecule has 1 saturated heterocycles. The molecule has 1 aromatic heterocycles. The van der Waals surface area contributed by atoms with Gasteiger partial charge >= 0.3 is 5.97 Å². The number of carbonyl (C=O) groups excluding carboxylic acids is 1. The van der Waals surface area contributed by atoms with E-state index in [1.165, 1.54) is 12.7 Å². The van der Waals surface area contributed by atoms with Gasteiger partial charge in [-0.05, 0) is 60.6 Å². The maximum atomic E-state index is 12.0. The van der Waals surface area contributed by atoms with Crippen molar-refractivity contribution < 1.29 is 14.3 Å². The average Bonchev–Trinajstić information content (AvgIpc) is 2.84. The zero-order valence-corrected chi connectivity index (χ0v) is 19.9. The minimum Gasteiger partial charge on any atom is -0.469 e. The number of ether oxygens (including phenoxy) is 2. The van der Waals surface area contributed by atoms with Gasteiger partial charge in [0.25, 0.3) is 0 Å². The summed E-state index contributed by atoms with van der Waals surface area (Å²) in [6.45, 7) is 8.11. The van der Waals surface area contributed by atoms with E-state index >= 15 is 0 Å². The van der Waals surface area contributed by atoms with Gasteiger partial charge in [-0.15, -0.1) is 0 Å². The van der Waals surface area contributed by atoms with Gasteiger partial charge in [0.15, 0.2) is 0 Å². The van der Waals surface area contributed by atoms with Crippen LogP contribution in [0.1, 0.15) is 81.7 Å². The fourth-order valence-corrected chi connectivity index (χ4v) is 4.72. The van der Waals surface area contributed by atoms with Crippen molar-refractivity contribution in [3.63, 3.8) is 0 Å². The van der Waals surface area contributed by atoms with Gasteiger partial charge in [0.05, 0.1) is 31.6 Å². The highest BCUT2D eigenvalue weighted by molar-refractivity contribution is 5.71. The second-order valence-electron chi connectivity index (χ2n) is 8.56. The number of rotatable bonds is 10. The molecule has 0 bridgehead atoms. The summed E-state index contributed by atoms with van der Waals surface area (Å²) in [6, 6.07) is 6.65. The maximum absolute atomic E-state index is 12.0. The molecule has 6 nitrogen and oxygen atoms in total. The summed E-state index contributed by atoms with van der Waals surface area (Å²) in [5.74, 6) is 1.84. The average molecular weight is 440 g/mol. The van der Waals surface area contributed by atoms with Crippen LogP contribution in [0.15, 0.2) is 30.6 Å². The summed E-state index contributed by atoms with van der Waals surface area (Å²) < 4.78 is 10.5. The van der Waals surface area contributed by atoms with Crippen LogP contribution in [0.2, 0.25) is 0 Å². The van der Waals surface area contributed by atoms with Crippen molar-refractivity contribution in [3.05, 3.63) is 47.5 Å². The lowest BCUT2D eigenvalue weighted by molar-refractivity contribution is -0.141. The van der Waals surface area contributed by atoms with Gasteiger partial charge < -0.3 is 14.8 Å². The maximum Gasteiger partial charge on any atom is 0.306 e. The summed E-state index contributed by atoms with van der Waals surface area (Å²) in [4.78, 5) is 20.9. The number of aryl methyl sites for hydroxylation is 1. The Morgan fingerprint density at radius 1 is 1.16 bits per heavy atom. The van der Waals surface area contributed by atoms with Crippen LogP contribution in [0, 0.1) is 5.92 Å². The van der Waals surface area contributed by atoms with Crippen molar-refractivity contribution in [1.29, 1.82) is 0 Å². The van der Waals surface area contributed by atoms with Crippen LogP contribution in [0.5, 0.6) is 0 Å². The van der Waals surface area contributed by atoms with Gasteiger partial charge in [-0.2, -0.15) is 0 Å². The number of esters is 1. The van der Waals surface area contributed by atoms with Crippen LogP contribution >= 0.6 is 0 Å². The lowest BCUT2D eigenvalue weighted by Crippen LogP contribution is -2.22. The fraction of sp³-hybridized carbons (Fsp3) is 0.577. The molecule has 2 atom stereocenters. The third-order valence-corrected chi connectivity index (χ3v) is 6.66. The molecule has 1 aliphatic rings. The first kappa shape index (κ1) is 24.2. The van der Waals surface area contributed by atoms with E-state index in [4.69, 9.17) is 9.47 Å². The van der Waals surface area contributed by atoms with Gasteiger partial charge in [-0.1, -0.05) is 32.9 Å². The molecule has 0 radical (unpaired) electrons. The number of nitrogens with zero attached hydrogens (tertiary/aromatic N) is 2. The standard InChI is InChI=1S/C26H37N3O3/c1-5-18(15-26(30)31-4)20-8-9-23(22(6-2)19-10-12-32-13-11-19)24(14-20)29-21-16-27-25(7-3)28-17-21/h8-9,14,16-19,22,29H,5-7,10-13,15H2,1-4H3. The van der Waals surface area contributed by atoms with Crippen molar-refractivity contribution in [2.75, 3.05) is 25.6 Å². The molecule has 2 unspecified atom stereocenters. The van der Waals surface area contributed by atoms with Crippen molar-refractivity contribution in [3.8, 4) is 0 Å². The second kappa shape index (κ2) is 12.0. The number of anilines is 2. The molecule has 32 heavy (non-hydrogen) atoms. The summed E-state index contributed by atoms with van der Waals surface area (Å²) in [5.41, 5.74) is 4.42. The molecule has 0 spiro atoms. The topological polar surface area (TPSA) is 73.3 Å². The number of methoxy groups -OCH3 is 1. The zero-order chi connectivity index (χ0) is 22.9. The molecule has 6 heteroatoms. The van der Waals surface area contributed by atoms with Crippen LogP contribution in [-0.4, -0.2) is 36.3 Å². The molecule has 0 saturated carbocycles. The Morgan fingerprint density at radius 2 is 1.88 bits per heavy atom. The van der Waals surface area contributed by atoms with Gasteiger partial charge in [0.1, 0.15) is 5.82 Å². The van der Waals surface area contributed by atoms with E-state index in [2.05, 4.69) is 54.3 Å². The quantitative estimate of drug-likeness (QED) is 0.475. The van der Waals surface area contributed by atoms with E-state index in [-0.39, 0.29) is 11.9 Å². The molecule has 0 aliphatic carbocycles. The molecule has 1 N–H and O–H groups in total. The highest BCUT2D eigenvalue weighted by atomic mass is 16.5. The number of hydrogen-bond donors (Lipinski definition) is 1. The van der Waals surface area contributed by atoms with E-state index < -0.39 is 0 Å². The number of benzene rings is 1. The minimum absolute atomic E-state index is 0.124. The third kappa shape index (κ3) is 6.06. The van der Waals surface area contributed by atoms with Gasteiger partial charge in [0.2, 0.25) is 0 Å². The summed E-state index contributed by atoms with van der Waals surface area (Å²) >= 11 is 0. The Labute approximate surface area is 192 Å². The van der Waals surface area contributed by atoms with E-state index in [0.717, 1.165) is 68.1 Å². The molecule has 2 heterocycles. The number of aromatic nitrogens is 2. The molecule has 1 fully saturated rings. The minimum atomic E-state index is -0.173. The SMILES string of the molecule is CCc1ncc(Nc2cc(C(CC)CC(=O)OC)ccc2C(CC)C2CCOCC2)cn1. The highest BCUT2D eigenvalue weighted by Gasteiger charge is 2.27. The van der Waals surface area contributed by atoms with Crippen LogP contribution in [0.3, 0.4) is 0 Å².